The molecule has 11 heteroatoms. The van der Waals surface area contributed by atoms with Crippen molar-refractivity contribution in [1.29, 1.82) is 0 Å². The highest BCUT2D eigenvalue weighted by Crippen LogP contribution is 2.37. The Kier molecular flexibility index (Phi) is 8.90. The smallest absolute Gasteiger partial charge is 0.255 e. The molecule has 33 heavy (non-hydrogen) atoms. The number of thioether (sulfide) groups is 1. The number of nitrogens with zero attached hydrogens (tertiary/aromatic N) is 2. The molecule has 3 aromatic rings. The van der Waals surface area contributed by atoms with Gasteiger partial charge in [0.05, 0.1) is 31.3 Å². The van der Waals surface area contributed by atoms with E-state index in [-0.39, 0.29) is 17.6 Å². The zero-order valence-corrected chi connectivity index (χ0v) is 20.1. The molecule has 2 amide bonds. The number of methoxy groups -OCH3 is 2. The molecule has 174 valence electrons. The van der Waals surface area contributed by atoms with Crippen LogP contribution in [-0.2, 0) is 4.79 Å². The molecule has 0 radical (unpaired) electrons. The second-order valence-corrected chi connectivity index (χ2v) is 8.91. The van der Waals surface area contributed by atoms with Crippen LogP contribution in [0.4, 0.5) is 16.5 Å². The standard InChI is InChI=1S/C22H25N5O4S2/c1-4-10-23-21-26-27-22(33-21)32-13-19(28)24-15-11-18(31-3)16(12-17(15)30-2)25-20(29)14-8-6-5-7-9-14/h5-9,11-12H,4,10,13H2,1-3H3,(H,23,26)(H,24,28)(H,25,29). The van der Waals surface area contributed by atoms with Crippen molar-refractivity contribution >= 4 is 51.4 Å². The molecular weight excluding hydrogens is 462 g/mol. The largest absolute Gasteiger partial charge is 0.494 e. The molecule has 0 saturated carbocycles. The lowest BCUT2D eigenvalue weighted by atomic mass is 10.2. The van der Waals surface area contributed by atoms with Gasteiger partial charge in [-0.2, -0.15) is 0 Å². The van der Waals surface area contributed by atoms with Gasteiger partial charge in [-0.05, 0) is 18.6 Å². The summed E-state index contributed by atoms with van der Waals surface area (Å²) < 4.78 is 11.5. The molecule has 0 saturated heterocycles. The minimum atomic E-state index is -0.283. The topological polar surface area (TPSA) is 114 Å². The van der Waals surface area contributed by atoms with Crippen molar-refractivity contribution in [3.63, 3.8) is 0 Å². The maximum absolute atomic E-state index is 12.5. The molecule has 0 fully saturated rings. The summed E-state index contributed by atoms with van der Waals surface area (Å²) in [4.78, 5) is 25.1. The third-order valence-electron chi connectivity index (χ3n) is 4.34. The SMILES string of the molecule is CCCNc1nnc(SCC(=O)Nc2cc(OC)c(NC(=O)c3ccccc3)cc2OC)s1. The fraction of sp³-hybridized carbons (Fsp3) is 0.273. The zero-order valence-electron chi connectivity index (χ0n) is 18.5. The molecule has 1 heterocycles. The lowest BCUT2D eigenvalue weighted by molar-refractivity contribution is -0.113. The molecule has 0 spiro atoms. The average Bonchev–Trinajstić information content (AvgIpc) is 3.30. The van der Waals surface area contributed by atoms with E-state index in [9.17, 15) is 9.59 Å². The normalized spacial score (nSPS) is 10.4. The van der Waals surface area contributed by atoms with Crippen LogP contribution in [0.2, 0.25) is 0 Å². The van der Waals surface area contributed by atoms with Crippen molar-refractivity contribution in [1.82, 2.24) is 10.2 Å². The fourth-order valence-electron chi connectivity index (χ4n) is 2.76. The molecule has 3 N–H and O–H groups in total. The molecule has 0 atom stereocenters. The molecule has 3 rings (SSSR count). The van der Waals surface area contributed by atoms with Gasteiger partial charge in [0.2, 0.25) is 11.0 Å². The average molecular weight is 488 g/mol. The molecule has 0 unspecified atom stereocenters. The number of aromatic nitrogens is 2. The summed E-state index contributed by atoms with van der Waals surface area (Å²) in [6.07, 6.45) is 0.991. The Balaban J connectivity index is 1.66. The van der Waals surface area contributed by atoms with Crippen molar-refractivity contribution in [3.8, 4) is 11.5 Å². The molecular formula is C22H25N5O4S2. The van der Waals surface area contributed by atoms with Gasteiger partial charge in [-0.25, -0.2) is 0 Å². The Labute approximate surface area is 200 Å². The summed E-state index contributed by atoms with van der Waals surface area (Å²) in [5.41, 5.74) is 1.37. The van der Waals surface area contributed by atoms with Crippen molar-refractivity contribution in [3.05, 3.63) is 48.0 Å². The number of amides is 2. The Bertz CT molecular complexity index is 1090. The summed E-state index contributed by atoms with van der Waals surface area (Å²) in [5, 5.41) is 17.7. The summed E-state index contributed by atoms with van der Waals surface area (Å²) in [6, 6.07) is 12.1. The number of hydrogen-bond acceptors (Lipinski definition) is 9. The van der Waals surface area contributed by atoms with Gasteiger partial charge in [0.15, 0.2) is 4.34 Å². The van der Waals surface area contributed by atoms with E-state index in [1.807, 2.05) is 6.07 Å². The maximum atomic E-state index is 12.5. The minimum absolute atomic E-state index is 0.153. The Hall–Kier alpha value is -3.31. The highest BCUT2D eigenvalue weighted by molar-refractivity contribution is 8.01. The van der Waals surface area contributed by atoms with E-state index >= 15 is 0 Å². The number of anilines is 3. The molecule has 2 aromatic carbocycles. The summed E-state index contributed by atoms with van der Waals surface area (Å²) >= 11 is 2.70. The van der Waals surface area contributed by atoms with E-state index in [2.05, 4.69) is 33.1 Å². The van der Waals surface area contributed by atoms with Crippen LogP contribution in [0, 0.1) is 0 Å². The van der Waals surface area contributed by atoms with Crippen LogP contribution in [0.15, 0.2) is 46.8 Å². The van der Waals surface area contributed by atoms with E-state index in [1.54, 1.807) is 36.4 Å². The lowest BCUT2D eigenvalue weighted by Crippen LogP contribution is -2.16. The number of carbonyl (C=O) groups excluding carboxylic acids is 2. The molecule has 0 aliphatic carbocycles. The van der Waals surface area contributed by atoms with E-state index in [1.165, 1.54) is 37.3 Å². The predicted molar refractivity (Wildman–Crippen MR) is 132 cm³/mol. The van der Waals surface area contributed by atoms with Crippen LogP contribution in [0.25, 0.3) is 0 Å². The first kappa shape index (κ1) is 24.3. The number of nitrogens with one attached hydrogen (secondary N) is 3. The Morgan fingerprint density at radius 3 is 2.30 bits per heavy atom. The summed E-state index contributed by atoms with van der Waals surface area (Å²) in [5.74, 6) is 0.410. The van der Waals surface area contributed by atoms with Gasteiger partial charge in [-0.3, -0.25) is 9.59 Å². The van der Waals surface area contributed by atoms with Crippen LogP contribution < -0.4 is 25.4 Å². The van der Waals surface area contributed by atoms with Crippen LogP contribution in [0.3, 0.4) is 0 Å². The van der Waals surface area contributed by atoms with Gasteiger partial charge in [0.1, 0.15) is 11.5 Å². The highest BCUT2D eigenvalue weighted by Gasteiger charge is 2.17. The lowest BCUT2D eigenvalue weighted by Gasteiger charge is -2.16. The Morgan fingerprint density at radius 1 is 1.00 bits per heavy atom. The monoisotopic (exact) mass is 487 g/mol. The minimum Gasteiger partial charge on any atom is -0.494 e. The number of hydrogen-bond donors (Lipinski definition) is 3. The van der Waals surface area contributed by atoms with Crippen molar-refractivity contribution in [2.24, 2.45) is 0 Å². The number of carbonyl (C=O) groups is 2. The van der Waals surface area contributed by atoms with E-state index in [0.29, 0.717) is 32.8 Å². The fourth-order valence-corrected chi connectivity index (χ4v) is 4.34. The first-order valence-corrected chi connectivity index (χ1v) is 12.0. The van der Waals surface area contributed by atoms with Gasteiger partial charge in [-0.15, -0.1) is 10.2 Å². The molecule has 0 bridgehead atoms. The maximum Gasteiger partial charge on any atom is 0.255 e. The molecule has 1 aromatic heterocycles. The number of ether oxygens (including phenoxy) is 2. The van der Waals surface area contributed by atoms with Crippen LogP contribution in [0.1, 0.15) is 23.7 Å². The van der Waals surface area contributed by atoms with Crippen LogP contribution in [-0.4, -0.2) is 48.5 Å². The molecule has 0 aliphatic heterocycles. The third-order valence-corrected chi connectivity index (χ3v) is 6.35. The van der Waals surface area contributed by atoms with E-state index in [0.717, 1.165) is 18.1 Å². The van der Waals surface area contributed by atoms with E-state index in [4.69, 9.17) is 9.47 Å². The predicted octanol–water partition coefficient (Wildman–Crippen LogP) is 4.36. The first-order chi connectivity index (χ1) is 16.0. The van der Waals surface area contributed by atoms with Crippen molar-refractivity contribution < 1.29 is 19.1 Å². The summed E-state index contributed by atoms with van der Waals surface area (Å²) in [7, 11) is 2.97. The second-order valence-electron chi connectivity index (χ2n) is 6.71. The van der Waals surface area contributed by atoms with Crippen molar-refractivity contribution in [2.45, 2.75) is 17.7 Å². The van der Waals surface area contributed by atoms with Gasteiger partial charge in [0.25, 0.3) is 5.91 Å². The van der Waals surface area contributed by atoms with Crippen molar-refractivity contribution in [2.75, 3.05) is 42.5 Å². The molecule has 9 nitrogen and oxygen atoms in total. The van der Waals surface area contributed by atoms with Crippen LogP contribution >= 0.6 is 23.1 Å². The van der Waals surface area contributed by atoms with Gasteiger partial charge in [0, 0.05) is 24.2 Å². The van der Waals surface area contributed by atoms with Gasteiger partial charge in [-0.1, -0.05) is 48.2 Å². The first-order valence-electron chi connectivity index (χ1n) is 10.2. The van der Waals surface area contributed by atoms with Gasteiger partial charge < -0.3 is 25.4 Å². The summed E-state index contributed by atoms with van der Waals surface area (Å²) in [6.45, 7) is 2.89. The quantitative estimate of drug-likeness (QED) is 0.342. The van der Waals surface area contributed by atoms with E-state index < -0.39 is 0 Å². The zero-order chi connectivity index (χ0) is 23.6. The third kappa shape index (κ3) is 6.83. The number of rotatable bonds is 11. The molecule has 0 aliphatic rings. The Morgan fingerprint density at radius 2 is 1.67 bits per heavy atom. The van der Waals surface area contributed by atoms with Gasteiger partial charge >= 0.3 is 0 Å². The highest BCUT2D eigenvalue weighted by atomic mass is 32.2. The second kappa shape index (κ2) is 12.1. The van der Waals surface area contributed by atoms with Crippen LogP contribution in [0.5, 0.6) is 11.5 Å². The number of benzene rings is 2.